The van der Waals surface area contributed by atoms with Crippen LogP contribution in [0.1, 0.15) is 18.1 Å². The highest BCUT2D eigenvalue weighted by atomic mass is 32.2. The summed E-state index contributed by atoms with van der Waals surface area (Å²) in [7, 11) is 1.60. The summed E-state index contributed by atoms with van der Waals surface area (Å²) >= 11 is 1.37. The number of benzene rings is 1. The Labute approximate surface area is 210 Å². The predicted molar refractivity (Wildman–Crippen MR) is 137 cm³/mol. The molecule has 0 radical (unpaired) electrons. The van der Waals surface area contributed by atoms with Crippen molar-refractivity contribution in [2.45, 2.75) is 18.1 Å². The first-order valence-corrected chi connectivity index (χ1v) is 12.1. The van der Waals surface area contributed by atoms with Crippen molar-refractivity contribution >= 4 is 17.6 Å². The molecule has 180 valence electrons. The zero-order valence-electron chi connectivity index (χ0n) is 19.8. The van der Waals surface area contributed by atoms with Crippen molar-refractivity contribution in [2.24, 2.45) is 0 Å². The van der Waals surface area contributed by atoms with Crippen molar-refractivity contribution in [1.29, 1.82) is 10.5 Å². The van der Waals surface area contributed by atoms with Crippen LogP contribution in [0.5, 0.6) is 5.75 Å². The van der Waals surface area contributed by atoms with E-state index >= 15 is 0 Å². The molecule has 0 spiro atoms. The third-order valence-corrected chi connectivity index (χ3v) is 6.32. The zero-order valence-corrected chi connectivity index (χ0v) is 20.6. The second kappa shape index (κ2) is 12.8. The Kier molecular flexibility index (Phi) is 9.48. The van der Waals surface area contributed by atoms with Crippen LogP contribution in [0, 0.1) is 22.7 Å². The molecule has 0 unspecified atom stereocenters. The molecule has 1 saturated heterocycles. The number of hydrogen-bond donors (Lipinski definition) is 0. The third-order valence-electron chi connectivity index (χ3n) is 5.23. The van der Waals surface area contributed by atoms with Gasteiger partial charge in [-0.1, -0.05) is 43.0 Å². The summed E-state index contributed by atoms with van der Waals surface area (Å²) in [5.74, 6) is 1.56. The molecular weight excluding hydrogens is 463 g/mol. The number of pyridine rings is 1. The van der Waals surface area contributed by atoms with E-state index in [0.29, 0.717) is 52.3 Å². The first kappa shape index (κ1) is 26.0. The second-order valence-corrected chi connectivity index (χ2v) is 8.75. The van der Waals surface area contributed by atoms with E-state index in [1.54, 1.807) is 24.1 Å². The van der Waals surface area contributed by atoms with E-state index < -0.39 is 6.17 Å². The van der Waals surface area contributed by atoms with Gasteiger partial charge in [0.05, 0.1) is 25.3 Å². The molecule has 0 N–H and O–H groups in total. The topological polar surface area (TPSA) is 82.2 Å². The monoisotopic (exact) mass is 490 g/mol. The van der Waals surface area contributed by atoms with Crippen LogP contribution < -0.4 is 9.64 Å². The molecule has 35 heavy (non-hydrogen) atoms. The van der Waals surface area contributed by atoms with Crippen LogP contribution in [0.15, 0.2) is 65.7 Å². The Morgan fingerprint density at radius 3 is 2.51 bits per heavy atom. The Morgan fingerprint density at radius 2 is 1.91 bits per heavy atom. The number of anilines is 1. The van der Waals surface area contributed by atoms with Gasteiger partial charge >= 0.3 is 0 Å². The summed E-state index contributed by atoms with van der Waals surface area (Å²) in [6, 6.07) is 11.7. The lowest BCUT2D eigenvalue weighted by atomic mass is 9.95. The summed E-state index contributed by atoms with van der Waals surface area (Å²) in [6.07, 6.45) is 6.67. The maximum Gasteiger partial charge on any atom is 0.148 e. The summed E-state index contributed by atoms with van der Waals surface area (Å²) in [5, 5.41) is 20.6. The number of allylic oxidation sites excluding steroid dienone is 4. The number of nitrogens with zero attached hydrogens (tertiary/aromatic N) is 4. The minimum atomic E-state index is -0.960. The van der Waals surface area contributed by atoms with E-state index in [9.17, 15) is 14.9 Å². The smallest absolute Gasteiger partial charge is 0.148 e. The number of hydrogen-bond acceptors (Lipinski definition) is 7. The normalized spacial score (nSPS) is 13.6. The standard InChI is InChI=1S/C27H27FN4O2S/c1-4-5-6-7-19(2)18-35-27-24(15-30)25(20-8-10-22(11-9-20)34-13-12-33-3)23(14-29)26(31-27)32-16-21(28)17-32/h4-11,21H,2,12-13,16-18H2,1,3H3/b5-4-,7-6-. The fourth-order valence-corrected chi connectivity index (χ4v) is 4.32. The molecule has 0 aliphatic carbocycles. The van der Waals surface area contributed by atoms with Gasteiger partial charge in [-0.3, -0.25) is 0 Å². The van der Waals surface area contributed by atoms with Crippen molar-refractivity contribution < 1.29 is 13.9 Å². The second-order valence-electron chi connectivity index (χ2n) is 7.79. The van der Waals surface area contributed by atoms with E-state index in [0.717, 1.165) is 5.57 Å². The molecule has 0 bridgehead atoms. The van der Waals surface area contributed by atoms with Gasteiger partial charge in [0.25, 0.3) is 0 Å². The van der Waals surface area contributed by atoms with Gasteiger partial charge in [-0.2, -0.15) is 10.5 Å². The largest absolute Gasteiger partial charge is 0.491 e. The van der Waals surface area contributed by atoms with Crippen LogP contribution in [0.3, 0.4) is 0 Å². The SMILES string of the molecule is C=C(/C=C\C=C/C)CSc1nc(N2CC(F)C2)c(C#N)c(-c2ccc(OCCOC)cc2)c1C#N. The number of halogens is 1. The first-order chi connectivity index (χ1) is 17.0. The van der Waals surface area contributed by atoms with Gasteiger partial charge in [0, 0.05) is 18.4 Å². The fourth-order valence-electron chi connectivity index (χ4n) is 3.45. The number of aromatic nitrogens is 1. The van der Waals surface area contributed by atoms with Crippen LogP contribution >= 0.6 is 11.8 Å². The highest BCUT2D eigenvalue weighted by Crippen LogP contribution is 2.39. The number of thioether (sulfide) groups is 1. The average molecular weight is 491 g/mol. The van der Waals surface area contributed by atoms with E-state index in [-0.39, 0.29) is 18.7 Å². The number of nitriles is 2. The summed E-state index contributed by atoms with van der Waals surface area (Å²) < 4.78 is 24.3. The van der Waals surface area contributed by atoms with Crippen LogP contribution in [0.25, 0.3) is 11.1 Å². The number of rotatable bonds is 11. The maximum atomic E-state index is 13.7. The predicted octanol–water partition coefficient (Wildman–Crippen LogP) is 5.46. The van der Waals surface area contributed by atoms with Gasteiger partial charge in [0.2, 0.25) is 0 Å². The van der Waals surface area contributed by atoms with Crippen LogP contribution in [-0.2, 0) is 4.74 Å². The van der Waals surface area contributed by atoms with Crippen molar-refractivity contribution in [1.82, 2.24) is 4.98 Å². The molecule has 6 nitrogen and oxygen atoms in total. The molecule has 0 amide bonds. The molecule has 3 rings (SSSR count). The molecule has 2 aromatic rings. The van der Waals surface area contributed by atoms with Gasteiger partial charge in [0.1, 0.15) is 47.1 Å². The van der Waals surface area contributed by atoms with Crippen molar-refractivity contribution in [2.75, 3.05) is 44.1 Å². The molecule has 1 aromatic carbocycles. The number of methoxy groups -OCH3 is 1. The lowest BCUT2D eigenvalue weighted by Crippen LogP contribution is -2.49. The molecule has 1 aliphatic heterocycles. The lowest BCUT2D eigenvalue weighted by molar-refractivity contribution is 0.146. The van der Waals surface area contributed by atoms with Crippen molar-refractivity contribution in [3.8, 4) is 29.0 Å². The highest BCUT2D eigenvalue weighted by Gasteiger charge is 2.32. The molecule has 0 atom stereocenters. The third kappa shape index (κ3) is 6.51. The van der Waals surface area contributed by atoms with E-state index in [4.69, 9.17) is 9.47 Å². The zero-order chi connectivity index (χ0) is 25.2. The molecule has 1 aromatic heterocycles. The van der Waals surface area contributed by atoms with E-state index in [1.807, 2.05) is 43.4 Å². The molecular formula is C27H27FN4O2S. The lowest BCUT2D eigenvalue weighted by Gasteiger charge is -2.36. The number of alkyl halides is 1. The minimum Gasteiger partial charge on any atom is -0.491 e. The van der Waals surface area contributed by atoms with Gasteiger partial charge in [-0.05, 0) is 30.2 Å². The van der Waals surface area contributed by atoms with Crippen molar-refractivity contribution in [3.05, 3.63) is 71.8 Å². The first-order valence-electron chi connectivity index (χ1n) is 11.1. The Bertz CT molecular complexity index is 1190. The summed E-state index contributed by atoms with van der Waals surface area (Å²) in [5.41, 5.74) is 2.61. The van der Waals surface area contributed by atoms with E-state index in [1.165, 1.54) is 11.8 Å². The van der Waals surface area contributed by atoms with Crippen LogP contribution in [-0.4, -0.2) is 50.3 Å². The Balaban J connectivity index is 2.03. The summed E-state index contributed by atoms with van der Waals surface area (Å²) in [4.78, 5) is 6.39. The van der Waals surface area contributed by atoms with Gasteiger partial charge < -0.3 is 14.4 Å². The van der Waals surface area contributed by atoms with Gasteiger partial charge in [-0.25, -0.2) is 9.37 Å². The fraction of sp³-hybridized carbons (Fsp3) is 0.296. The quantitative estimate of drug-likeness (QED) is 0.235. The van der Waals surface area contributed by atoms with Crippen molar-refractivity contribution in [3.63, 3.8) is 0 Å². The Hall–Kier alpha value is -3.59. The molecule has 1 aliphatic rings. The summed E-state index contributed by atoms with van der Waals surface area (Å²) in [6.45, 7) is 7.21. The van der Waals surface area contributed by atoms with Gasteiger partial charge in [0.15, 0.2) is 0 Å². The van der Waals surface area contributed by atoms with Crippen LogP contribution in [0.2, 0.25) is 0 Å². The van der Waals surface area contributed by atoms with Gasteiger partial charge in [-0.15, -0.1) is 11.8 Å². The molecule has 2 heterocycles. The molecule has 1 fully saturated rings. The minimum absolute atomic E-state index is 0.169. The molecule has 8 heteroatoms. The molecule has 0 saturated carbocycles. The Morgan fingerprint density at radius 1 is 1.20 bits per heavy atom. The highest BCUT2D eigenvalue weighted by molar-refractivity contribution is 7.99. The number of ether oxygens (including phenoxy) is 2. The average Bonchev–Trinajstić information content (AvgIpc) is 2.85. The van der Waals surface area contributed by atoms with Crippen LogP contribution in [0.4, 0.5) is 10.2 Å². The van der Waals surface area contributed by atoms with E-state index in [2.05, 4.69) is 23.7 Å². The maximum absolute atomic E-state index is 13.7.